The van der Waals surface area contributed by atoms with Gasteiger partial charge in [-0.15, -0.1) is 0 Å². The summed E-state index contributed by atoms with van der Waals surface area (Å²) in [5, 5.41) is 0. The predicted molar refractivity (Wildman–Crippen MR) is 180 cm³/mol. The van der Waals surface area contributed by atoms with E-state index in [-0.39, 0.29) is 52.5 Å². The molecule has 1 saturated heterocycles. The number of hydrogen-bond acceptors (Lipinski definition) is 2. The fourth-order valence-corrected chi connectivity index (χ4v) is 5.91. The van der Waals surface area contributed by atoms with E-state index < -0.39 is 0 Å². The maximum Gasteiger partial charge on any atom is 2.00 e. The van der Waals surface area contributed by atoms with Crippen molar-refractivity contribution >= 4 is 0 Å². The Morgan fingerprint density at radius 2 is 0.917 bits per heavy atom. The first-order valence-corrected chi connectivity index (χ1v) is 16.5. The minimum Gasteiger partial charge on any atom is -1.00 e. The number of benzene rings is 2. The summed E-state index contributed by atoms with van der Waals surface area (Å²) in [5.74, 6) is 3.26. The summed E-state index contributed by atoms with van der Waals surface area (Å²) in [5.41, 5.74) is 7.71. The van der Waals surface area contributed by atoms with Crippen LogP contribution in [-0.2, 0) is 23.3 Å². The molecular weight excluding hydrogens is 765 g/mol. The fraction of sp³-hybridized carbons (Fsp3) is 0.410. The van der Waals surface area contributed by atoms with Gasteiger partial charge in [-0.1, -0.05) is 97.9 Å². The molecule has 1 fully saturated rings. The van der Waals surface area contributed by atoms with Crippen molar-refractivity contribution in [2.24, 2.45) is 0 Å². The second-order valence-electron chi connectivity index (χ2n) is 13.1. The number of aromatic nitrogens is 5. The number of rotatable bonds is 8. The molecule has 0 aliphatic carbocycles. The first-order valence-electron chi connectivity index (χ1n) is 16.5. The van der Waals surface area contributed by atoms with Crippen LogP contribution in [0.2, 0.25) is 0 Å². The van der Waals surface area contributed by atoms with E-state index in [0.29, 0.717) is 23.7 Å². The van der Waals surface area contributed by atoms with Crippen molar-refractivity contribution in [2.75, 3.05) is 13.2 Å². The molecule has 0 saturated carbocycles. The van der Waals surface area contributed by atoms with Gasteiger partial charge in [-0.3, -0.25) is 18.3 Å². The molecule has 4 heterocycles. The van der Waals surface area contributed by atoms with Crippen molar-refractivity contribution in [3.8, 4) is 23.0 Å². The van der Waals surface area contributed by atoms with Gasteiger partial charge in [-0.05, 0) is 70.9 Å². The zero-order chi connectivity index (χ0) is 32.1. The first kappa shape index (κ1) is 41.7. The van der Waals surface area contributed by atoms with E-state index in [1.807, 2.05) is 39.7 Å². The number of ether oxygens (including phenoxy) is 1. The second-order valence-corrected chi connectivity index (χ2v) is 13.1. The maximum atomic E-state index is 4.99. The SMILES string of the molecule is C1CCOC1.CC(C)c1cccc(C(C)C)c1-[n+]1[c-]n(-c2cccc(-n3[c-][n+](-c4c(C(C)C)cccc4C(C)C)cc3)n2)cc1.[Br-].[Br-].[V+2]. The van der Waals surface area contributed by atoms with E-state index in [2.05, 4.69) is 126 Å². The minimum absolute atomic E-state index is 0. The molecule has 48 heavy (non-hydrogen) atoms. The van der Waals surface area contributed by atoms with Crippen LogP contribution in [0.4, 0.5) is 0 Å². The Kier molecular flexibility index (Phi) is 16.5. The van der Waals surface area contributed by atoms with Crippen LogP contribution in [-0.4, -0.2) is 27.3 Å². The molecule has 1 aliphatic heterocycles. The molecule has 5 aromatic rings. The zero-order valence-electron chi connectivity index (χ0n) is 29.5. The summed E-state index contributed by atoms with van der Waals surface area (Å²) >= 11 is 0. The molecule has 0 atom stereocenters. The number of imidazole rings is 2. The van der Waals surface area contributed by atoms with Gasteiger partial charge < -0.3 is 38.7 Å². The van der Waals surface area contributed by atoms with Crippen LogP contribution >= 0.6 is 0 Å². The number of halogens is 2. The van der Waals surface area contributed by atoms with E-state index >= 15 is 0 Å². The molecular formula is C39H49Br2N5OV. The summed E-state index contributed by atoms with van der Waals surface area (Å²) in [4.78, 5) is 4.99. The molecule has 0 unspecified atom stereocenters. The largest absolute Gasteiger partial charge is 2.00 e. The number of hydrogen-bond donors (Lipinski definition) is 0. The van der Waals surface area contributed by atoms with Crippen molar-refractivity contribution in [3.63, 3.8) is 0 Å². The number of pyridine rings is 1. The minimum atomic E-state index is 0. The average Bonchev–Trinajstić information content (AvgIpc) is 3.84. The molecule has 0 amide bonds. The monoisotopic (exact) mass is 812 g/mol. The molecule has 1 aliphatic rings. The Balaban J connectivity index is 0.000000917. The van der Waals surface area contributed by atoms with Crippen molar-refractivity contribution in [2.45, 2.75) is 91.9 Å². The van der Waals surface area contributed by atoms with E-state index in [4.69, 9.17) is 9.72 Å². The third-order valence-corrected chi connectivity index (χ3v) is 8.37. The molecule has 0 bridgehead atoms. The Labute approximate surface area is 321 Å². The number of para-hydroxylation sites is 2. The summed E-state index contributed by atoms with van der Waals surface area (Å²) in [6, 6.07) is 19.3. The normalized spacial score (nSPS) is 12.4. The molecule has 0 spiro atoms. The Morgan fingerprint density at radius 1 is 0.583 bits per heavy atom. The third kappa shape index (κ3) is 9.60. The second kappa shape index (κ2) is 19.1. The van der Waals surface area contributed by atoms with Crippen molar-refractivity contribution in [1.82, 2.24) is 14.1 Å². The standard InChI is InChI=1S/C35H41N5.C4H8O.2BrH.V/c1-24(2)28-12-9-13-29(25(3)4)34(28)39-20-18-37(22-39)32-16-11-17-33(36-32)38-19-21-40(23-38)35-30(26(5)6)14-10-15-31(35)27(7)8;1-2-4-5-3-1;;;/h9-21,24-27H,1-8H3;1-4H2;2*1H;/q;;;;+2/p-2. The van der Waals surface area contributed by atoms with Crippen molar-refractivity contribution < 1.29 is 66.4 Å². The average molecular weight is 815 g/mol. The fourth-order valence-electron chi connectivity index (χ4n) is 5.91. The van der Waals surface area contributed by atoms with Crippen molar-refractivity contribution in [1.29, 1.82) is 0 Å². The summed E-state index contributed by atoms with van der Waals surface area (Å²) in [7, 11) is 0. The molecule has 0 N–H and O–H groups in total. The molecule has 3 aromatic heterocycles. The molecule has 2 aromatic carbocycles. The van der Waals surface area contributed by atoms with Gasteiger partial charge in [0, 0.05) is 38.0 Å². The summed E-state index contributed by atoms with van der Waals surface area (Å²) in [6.45, 7) is 20.0. The maximum absolute atomic E-state index is 4.99. The molecule has 255 valence electrons. The molecule has 6 nitrogen and oxygen atoms in total. The summed E-state index contributed by atoms with van der Waals surface area (Å²) < 4.78 is 13.1. The van der Waals surface area contributed by atoms with Crippen LogP contribution in [0.5, 0.6) is 0 Å². The third-order valence-electron chi connectivity index (χ3n) is 8.37. The van der Waals surface area contributed by atoms with Gasteiger partial charge in [0.1, 0.15) is 0 Å². The summed E-state index contributed by atoms with van der Waals surface area (Å²) in [6.07, 6.45) is 17.8. The Bertz CT molecular complexity index is 1550. The van der Waals surface area contributed by atoms with Crippen LogP contribution in [0.15, 0.2) is 79.4 Å². The molecule has 1 radical (unpaired) electrons. The first-order chi connectivity index (χ1) is 21.7. The van der Waals surface area contributed by atoms with Gasteiger partial charge in [-0.2, -0.15) is 0 Å². The van der Waals surface area contributed by atoms with Crippen LogP contribution in [0.3, 0.4) is 0 Å². The van der Waals surface area contributed by atoms with E-state index in [1.54, 1.807) is 0 Å². The topological polar surface area (TPSA) is 39.7 Å². The van der Waals surface area contributed by atoms with Gasteiger partial charge in [0.05, 0.1) is 11.4 Å². The van der Waals surface area contributed by atoms with Gasteiger partial charge in [0.15, 0.2) is 11.6 Å². The Morgan fingerprint density at radius 3 is 1.21 bits per heavy atom. The molecule has 6 rings (SSSR count). The molecule has 9 heteroatoms. The van der Waals surface area contributed by atoms with Gasteiger partial charge in [-0.25, -0.2) is 4.98 Å². The van der Waals surface area contributed by atoms with E-state index in [1.165, 1.54) is 46.5 Å². The van der Waals surface area contributed by atoms with Gasteiger partial charge >= 0.3 is 18.6 Å². The van der Waals surface area contributed by atoms with E-state index in [9.17, 15) is 0 Å². The van der Waals surface area contributed by atoms with E-state index in [0.717, 1.165) is 24.8 Å². The van der Waals surface area contributed by atoms with Gasteiger partial charge in [0.25, 0.3) is 12.7 Å². The van der Waals surface area contributed by atoms with Crippen LogP contribution < -0.4 is 43.1 Å². The number of nitrogens with zero attached hydrogens (tertiary/aromatic N) is 5. The smallest absolute Gasteiger partial charge is 1.00 e. The van der Waals surface area contributed by atoms with Gasteiger partial charge in [0.2, 0.25) is 0 Å². The van der Waals surface area contributed by atoms with Crippen LogP contribution in [0, 0.1) is 12.7 Å². The van der Waals surface area contributed by atoms with Crippen LogP contribution in [0.1, 0.15) is 114 Å². The Hall–Kier alpha value is -2.49. The van der Waals surface area contributed by atoms with Crippen LogP contribution in [0.25, 0.3) is 23.0 Å². The quantitative estimate of drug-likeness (QED) is 0.178. The predicted octanol–water partition coefficient (Wildman–Crippen LogP) is 2.11. The zero-order valence-corrected chi connectivity index (χ0v) is 34.1. The van der Waals surface area contributed by atoms with Crippen molar-refractivity contribution in [3.05, 3.63) is 114 Å².